The van der Waals surface area contributed by atoms with Gasteiger partial charge in [0.15, 0.2) is 0 Å². The minimum Gasteiger partial charge on any atom is -0.458 e. The molecule has 10 rings (SSSR count). The Labute approximate surface area is 281 Å². The van der Waals surface area contributed by atoms with Gasteiger partial charge in [-0.3, -0.25) is 0 Å². The van der Waals surface area contributed by atoms with Gasteiger partial charge in [-0.05, 0) is 99.8 Å². The van der Waals surface area contributed by atoms with E-state index in [-0.39, 0.29) is 17.5 Å². The molecule has 2 aliphatic heterocycles. The fourth-order valence-electron chi connectivity index (χ4n) is 8.75. The predicted octanol–water partition coefficient (Wildman–Crippen LogP) is 9.53. The standard InChI is InChI=1S/C44H36BNO2/c1-43(2)21-22-44(3,4)32-26-37-30(25-31(32)43)29-14-6-10-18-36(29)46(37)35-17-9-5-13-28(35)27-23-40-42-41(24-27)48-39-20-12-8-16-34(39)45(42)33-15-7-11-19-38(33)47-40/h5-20,23-26H,21-22H2,1-4H3. The summed E-state index contributed by atoms with van der Waals surface area (Å²) in [6, 6.07) is 44.0. The zero-order valence-electron chi connectivity index (χ0n) is 27.8. The second kappa shape index (κ2) is 9.67. The number of rotatable bonds is 2. The molecule has 3 nitrogen and oxygen atoms in total. The molecule has 0 amide bonds. The van der Waals surface area contributed by atoms with E-state index in [2.05, 4.69) is 154 Å². The normalized spacial score (nSPS) is 16.4. The second-order valence-electron chi connectivity index (χ2n) is 15.2. The van der Waals surface area contributed by atoms with Gasteiger partial charge in [0.25, 0.3) is 6.71 Å². The molecular formula is C44H36BNO2. The number of benzene rings is 6. The van der Waals surface area contributed by atoms with Crippen LogP contribution in [0.1, 0.15) is 51.7 Å². The molecule has 1 aliphatic carbocycles. The number of fused-ring (bicyclic) bond motifs is 8. The quantitative estimate of drug-likeness (QED) is 0.180. The highest BCUT2D eigenvalue weighted by molar-refractivity contribution is 6.98. The monoisotopic (exact) mass is 621 g/mol. The average Bonchev–Trinajstić information content (AvgIpc) is 3.43. The molecule has 6 aromatic carbocycles. The van der Waals surface area contributed by atoms with E-state index < -0.39 is 0 Å². The van der Waals surface area contributed by atoms with Gasteiger partial charge >= 0.3 is 0 Å². The molecule has 7 aromatic rings. The summed E-state index contributed by atoms with van der Waals surface area (Å²) in [5.74, 6) is 3.52. The lowest BCUT2D eigenvalue weighted by Gasteiger charge is -2.42. The van der Waals surface area contributed by atoms with Crippen molar-refractivity contribution in [2.75, 3.05) is 0 Å². The molecule has 0 saturated heterocycles. The third-order valence-electron chi connectivity index (χ3n) is 11.4. The van der Waals surface area contributed by atoms with Crippen molar-refractivity contribution in [3.63, 3.8) is 0 Å². The van der Waals surface area contributed by atoms with Gasteiger partial charge in [0, 0.05) is 21.8 Å². The number of hydrogen-bond acceptors (Lipinski definition) is 2. The van der Waals surface area contributed by atoms with Crippen molar-refractivity contribution in [3.05, 3.63) is 132 Å². The molecule has 4 heteroatoms. The summed E-state index contributed by atoms with van der Waals surface area (Å²) in [5.41, 5.74) is 12.5. The fourth-order valence-corrected chi connectivity index (χ4v) is 8.75. The maximum absolute atomic E-state index is 6.69. The highest BCUT2D eigenvalue weighted by Gasteiger charge is 2.41. The SMILES string of the molecule is CC1(C)CCC(C)(C)c2cc3c(cc21)c1ccccc1n3-c1ccccc1-c1cc2c3c(c1)Oc1ccccc1B3c1ccccc1O2. The maximum atomic E-state index is 6.69. The molecule has 232 valence electrons. The molecule has 1 aromatic heterocycles. The number of para-hydroxylation sites is 4. The lowest BCUT2D eigenvalue weighted by Crippen LogP contribution is -2.57. The van der Waals surface area contributed by atoms with Crippen LogP contribution >= 0.6 is 0 Å². The summed E-state index contributed by atoms with van der Waals surface area (Å²) >= 11 is 0. The van der Waals surface area contributed by atoms with E-state index in [0.29, 0.717) is 0 Å². The van der Waals surface area contributed by atoms with E-state index in [1.54, 1.807) is 0 Å². The Kier molecular flexibility index (Phi) is 5.61. The lowest BCUT2D eigenvalue weighted by molar-refractivity contribution is 0.332. The van der Waals surface area contributed by atoms with E-state index in [1.807, 2.05) is 0 Å². The number of nitrogens with zero attached hydrogens (tertiary/aromatic N) is 1. The summed E-state index contributed by atoms with van der Waals surface area (Å²) in [7, 11) is 0. The van der Waals surface area contributed by atoms with E-state index in [9.17, 15) is 0 Å². The maximum Gasteiger partial charge on any atom is 0.260 e. The first-order valence-electron chi connectivity index (χ1n) is 17.2. The molecule has 0 atom stereocenters. The number of hydrogen-bond donors (Lipinski definition) is 0. The third kappa shape index (κ3) is 3.83. The Morgan fingerprint density at radius 3 is 1.79 bits per heavy atom. The number of ether oxygens (including phenoxy) is 2. The molecule has 0 N–H and O–H groups in total. The Morgan fingerprint density at radius 1 is 0.542 bits per heavy atom. The first kappa shape index (κ1) is 27.9. The lowest BCUT2D eigenvalue weighted by atomic mass is 9.35. The van der Waals surface area contributed by atoms with Crippen molar-refractivity contribution >= 4 is 44.9 Å². The zero-order valence-corrected chi connectivity index (χ0v) is 27.8. The van der Waals surface area contributed by atoms with Crippen molar-refractivity contribution in [2.45, 2.75) is 51.4 Å². The van der Waals surface area contributed by atoms with Crippen molar-refractivity contribution in [3.8, 4) is 39.8 Å². The molecule has 0 fully saturated rings. The highest BCUT2D eigenvalue weighted by Crippen LogP contribution is 2.49. The van der Waals surface area contributed by atoms with Gasteiger partial charge in [-0.2, -0.15) is 0 Å². The topological polar surface area (TPSA) is 23.4 Å². The molecule has 0 saturated carbocycles. The third-order valence-corrected chi connectivity index (χ3v) is 11.4. The molecule has 0 unspecified atom stereocenters. The summed E-state index contributed by atoms with van der Waals surface area (Å²) in [5, 5.41) is 2.60. The van der Waals surface area contributed by atoms with Gasteiger partial charge in [-0.15, -0.1) is 0 Å². The first-order chi connectivity index (χ1) is 23.3. The van der Waals surface area contributed by atoms with Crippen molar-refractivity contribution in [2.24, 2.45) is 0 Å². The fraction of sp³-hybridized carbons (Fsp3) is 0.182. The summed E-state index contributed by atoms with van der Waals surface area (Å²) in [4.78, 5) is 0. The van der Waals surface area contributed by atoms with Crippen LogP contribution in [-0.2, 0) is 10.8 Å². The van der Waals surface area contributed by atoms with Crippen LogP contribution in [0.2, 0.25) is 0 Å². The molecule has 0 radical (unpaired) electrons. The van der Waals surface area contributed by atoms with E-state index in [1.165, 1.54) is 56.7 Å². The van der Waals surface area contributed by atoms with Crippen LogP contribution in [0.25, 0.3) is 38.6 Å². The van der Waals surface area contributed by atoms with Gasteiger partial charge in [0.2, 0.25) is 0 Å². The van der Waals surface area contributed by atoms with Crippen LogP contribution in [-0.4, -0.2) is 11.3 Å². The van der Waals surface area contributed by atoms with Crippen LogP contribution in [0.4, 0.5) is 0 Å². The molecule has 3 heterocycles. The molecule has 0 bridgehead atoms. The minimum atomic E-state index is 0.0605. The Morgan fingerprint density at radius 2 is 1.10 bits per heavy atom. The van der Waals surface area contributed by atoms with Gasteiger partial charge in [0.1, 0.15) is 23.0 Å². The minimum absolute atomic E-state index is 0.0605. The van der Waals surface area contributed by atoms with E-state index in [0.717, 1.165) is 45.3 Å². The Bertz CT molecular complexity index is 2410. The molecule has 3 aliphatic rings. The Hall–Kier alpha value is -5.22. The van der Waals surface area contributed by atoms with Crippen LogP contribution in [0.3, 0.4) is 0 Å². The Balaban J connectivity index is 1.23. The smallest absolute Gasteiger partial charge is 0.260 e. The van der Waals surface area contributed by atoms with Crippen molar-refractivity contribution < 1.29 is 9.47 Å². The first-order valence-corrected chi connectivity index (χ1v) is 17.2. The summed E-state index contributed by atoms with van der Waals surface area (Å²) < 4.78 is 15.9. The number of aromatic nitrogens is 1. The van der Waals surface area contributed by atoms with Gasteiger partial charge < -0.3 is 14.0 Å². The van der Waals surface area contributed by atoms with E-state index in [4.69, 9.17) is 9.47 Å². The molecular weight excluding hydrogens is 585 g/mol. The van der Waals surface area contributed by atoms with Crippen LogP contribution in [0, 0.1) is 0 Å². The van der Waals surface area contributed by atoms with Crippen LogP contribution < -0.4 is 25.9 Å². The average molecular weight is 622 g/mol. The predicted molar refractivity (Wildman–Crippen MR) is 199 cm³/mol. The molecule has 48 heavy (non-hydrogen) atoms. The molecule has 0 spiro atoms. The van der Waals surface area contributed by atoms with Gasteiger partial charge in [-0.25, -0.2) is 0 Å². The van der Waals surface area contributed by atoms with Crippen molar-refractivity contribution in [1.82, 2.24) is 4.57 Å². The summed E-state index contributed by atoms with van der Waals surface area (Å²) in [6.07, 6.45) is 2.38. The van der Waals surface area contributed by atoms with Crippen LogP contribution in [0.15, 0.2) is 121 Å². The van der Waals surface area contributed by atoms with Crippen molar-refractivity contribution in [1.29, 1.82) is 0 Å². The van der Waals surface area contributed by atoms with Gasteiger partial charge in [0.05, 0.1) is 16.7 Å². The van der Waals surface area contributed by atoms with E-state index >= 15 is 0 Å². The van der Waals surface area contributed by atoms with Crippen LogP contribution in [0.5, 0.6) is 23.0 Å². The second-order valence-corrected chi connectivity index (χ2v) is 15.2. The largest absolute Gasteiger partial charge is 0.458 e. The summed E-state index contributed by atoms with van der Waals surface area (Å²) in [6.45, 7) is 9.71. The highest BCUT2D eigenvalue weighted by atomic mass is 16.5. The zero-order chi connectivity index (χ0) is 32.4. The van der Waals surface area contributed by atoms with Gasteiger partial charge in [-0.1, -0.05) is 100 Å².